The van der Waals surface area contributed by atoms with Gasteiger partial charge in [0.25, 0.3) is 5.91 Å². The molecule has 0 saturated carbocycles. The quantitative estimate of drug-likeness (QED) is 0.595. The van der Waals surface area contributed by atoms with Gasteiger partial charge in [0.2, 0.25) is 0 Å². The van der Waals surface area contributed by atoms with Gasteiger partial charge in [0, 0.05) is 11.4 Å². The van der Waals surface area contributed by atoms with Crippen molar-refractivity contribution in [1.82, 2.24) is 10.6 Å². The summed E-state index contributed by atoms with van der Waals surface area (Å²) in [6.45, 7) is -1.55. The van der Waals surface area contributed by atoms with Gasteiger partial charge < -0.3 is 20.7 Å². The second kappa shape index (κ2) is 8.62. The van der Waals surface area contributed by atoms with Crippen LogP contribution in [0.25, 0.3) is 0 Å². The number of alkyl halides is 5. The fourth-order valence-electron chi connectivity index (χ4n) is 3.06. The minimum atomic E-state index is -4.58. The fourth-order valence-corrected chi connectivity index (χ4v) is 3.06. The van der Waals surface area contributed by atoms with Gasteiger partial charge in [-0.25, -0.2) is 4.79 Å². The lowest BCUT2D eigenvalue weighted by Gasteiger charge is -2.28. The van der Waals surface area contributed by atoms with Crippen molar-refractivity contribution in [1.29, 1.82) is 0 Å². The minimum absolute atomic E-state index is 0.0412. The van der Waals surface area contributed by atoms with Gasteiger partial charge >= 0.3 is 18.8 Å². The number of rotatable bonds is 5. The van der Waals surface area contributed by atoms with Crippen LogP contribution in [0, 0.1) is 0 Å². The van der Waals surface area contributed by atoms with Gasteiger partial charge in [0.05, 0.1) is 17.2 Å². The molecule has 0 fully saturated rings. The molecule has 164 valence electrons. The molecule has 1 atom stereocenters. The van der Waals surface area contributed by atoms with Crippen molar-refractivity contribution < 1.29 is 36.3 Å². The zero-order valence-electron chi connectivity index (χ0n) is 15.9. The topological polar surface area (TPSA) is 79.5 Å². The Balaban J connectivity index is 1.89. The molecule has 1 aliphatic rings. The number of benzene rings is 2. The van der Waals surface area contributed by atoms with Crippen molar-refractivity contribution in [2.45, 2.75) is 25.8 Å². The Kier molecular flexibility index (Phi) is 6.14. The number of urea groups is 1. The Bertz CT molecular complexity index is 1020. The molecule has 1 heterocycles. The number of hydrogen-bond acceptors (Lipinski definition) is 3. The molecule has 0 saturated heterocycles. The van der Waals surface area contributed by atoms with Crippen LogP contribution < -0.4 is 20.7 Å². The molecule has 3 rings (SSSR count). The van der Waals surface area contributed by atoms with E-state index in [1.54, 1.807) is 0 Å². The van der Waals surface area contributed by atoms with Crippen LogP contribution >= 0.6 is 0 Å². The van der Waals surface area contributed by atoms with E-state index in [4.69, 9.17) is 0 Å². The predicted molar refractivity (Wildman–Crippen MR) is 100 cm³/mol. The van der Waals surface area contributed by atoms with Gasteiger partial charge in [0.15, 0.2) is 0 Å². The van der Waals surface area contributed by atoms with Gasteiger partial charge in [-0.05, 0) is 42.8 Å². The van der Waals surface area contributed by atoms with Crippen LogP contribution in [0.1, 0.15) is 24.1 Å². The Labute approximate surface area is 173 Å². The van der Waals surface area contributed by atoms with E-state index >= 15 is 0 Å². The number of allylic oxidation sites excluding steroid dienone is 1. The van der Waals surface area contributed by atoms with E-state index in [0.29, 0.717) is 5.56 Å². The van der Waals surface area contributed by atoms with Gasteiger partial charge in [-0.1, -0.05) is 18.2 Å². The van der Waals surface area contributed by atoms with Crippen LogP contribution in [0.5, 0.6) is 5.75 Å². The van der Waals surface area contributed by atoms with Gasteiger partial charge in [0.1, 0.15) is 5.75 Å². The van der Waals surface area contributed by atoms with Gasteiger partial charge in [-0.2, -0.15) is 22.0 Å². The summed E-state index contributed by atoms with van der Waals surface area (Å²) in [7, 11) is 0. The maximum Gasteiger partial charge on any atom is 0.416 e. The van der Waals surface area contributed by atoms with Gasteiger partial charge in [-0.3, -0.25) is 4.79 Å². The summed E-state index contributed by atoms with van der Waals surface area (Å²) in [4.78, 5) is 24.8. The standard InChI is InChI=1S/C20H16F5N3O3/c1-10-15(17(29)27-13-4-2-3-12(9-13)20(23,24)25)16(28-19(30)26-10)11-5-7-14(8-6-11)31-18(21)22/h2-9,16,18H,1H3,(H,27,29)(H2,26,28,30)/t16-/m0/s1. The van der Waals surface area contributed by atoms with Crippen LogP contribution in [0.2, 0.25) is 0 Å². The molecule has 3 amide bonds. The van der Waals surface area contributed by atoms with Gasteiger partial charge in [-0.15, -0.1) is 0 Å². The zero-order valence-corrected chi connectivity index (χ0v) is 15.9. The Hall–Kier alpha value is -3.63. The number of hydrogen-bond donors (Lipinski definition) is 3. The van der Waals surface area contributed by atoms with Crippen molar-refractivity contribution in [2.75, 3.05) is 5.32 Å². The van der Waals surface area contributed by atoms with Crippen LogP contribution in [-0.4, -0.2) is 18.5 Å². The minimum Gasteiger partial charge on any atom is -0.435 e. The third-order valence-corrected chi connectivity index (χ3v) is 4.40. The molecule has 1 aliphatic heterocycles. The Morgan fingerprint density at radius 3 is 2.42 bits per heavy atom. The van der Waals surface area contributed by atoms with Crippen molar-refractivity contribution in [3.05, 3.63) is 70.9 Å². The second-order valence-electron chi connectivity index (χ2n) is 6.55. The third-order valence-electron chi connectivity index (χ3n) is 4.40. The maximum atomic E-state index is 12.9. The maximum absolute atomic E-state index is 12.9. The molecule has 31 heavy (non-hydrogen) atoms. The summed E-state index contributed by atoms with van der Waals surface area (Å²) >= 11 is 0. The number of nitrogens with one attached hydrogen (secondary N) is 3. The monoisotopic (exact) mass is 441 g/mol. The number of anilines is 1. The number of amides is 3. The highest BCUT2D eigenvalue weighted by Crippen LogP contribution is 2.32. The number of carbonyl (C=O) groups excluding carboxylic acids is 2. The average molecular weight is 441 g/mol. The van der Waals surface area contributed by atoms with Crippen molar-refractivity contribution in [3.8, 4) is 5.75 Å². The predicted octanol–water partition coefficient (Wildman–Crippen LogP) is 4.57. The first-order valence-corrected chi connectivity index (χ1v) is 8.86. The van der Waals surface area contributed by atoms with E-state index in [1.165, 1.54) is 37.3 Å². The van der Waals surface area contributed by atoms with E-state index in [2.05, 4.69) is 20.7 Å². The first-order chi connectivity index (χ1) is 14.5. The van der Waals surface area contributed by atoms with E-state index in [1.807, 2.05) is 0 Å². The summed E-state index contributed by atoms with van der Waals surface area (Å²) in [5, 5.41) is 7.37. The first kappa shape index (κ1) is 22.1. The van der Waals surface area contributed by atoms with E-state index in [-0.39, 0.29) is 22.7 Å². The van der Waals surface area contributed by atoms with Crippen molar-refractivity contribution in [2.24, 2.45) is 0 Å². The molecule has 2 aromatic rings. The van der Waals surface area contributed by atoms with Crippen LogP contribution in [0.15, 0.2) is 59.8 Å². The Morgan fingerprint density at radius 2 is 1.81 bits per heavy atom. The molecule has 2 aromatic carbocycles. The summed E-state index contributed by atoms with van der Waals surface area (Å²) in [5.74, 6) is -0.864. The Morgan fingerprint density at radius 1 is 1.13 bits per heavy atom. The smallest absolute Gasteiger partial charge is 0.416 e. The van der Waals surface area contributed by atoms with Crippen LogP contribution in [0.4, 0.5) is 32.4 Å². The normalized spacial score (nSPS) is 16.6. The molecule has 11 heteroatoms. The molecule has 0 unspecified atom stereocenters. The van der Waals surface area contributed by atoms with Crippen LogP contribution in [0.3, 0.4) is 0 Å². The molecule has 0 radical (unpaired) electrons. The number of carbonyl (C=O) groups is 2. The van der Waals surface area contributed by atoms with Crippen LogP contribution in [-0.2, 0) is 11.0 Å². The van der Waals surface area contributed by atoms with E-state index in [0.717, 1.165) is 18.2 Å². The summed E-state index contributed by atoms with van der Waals surface area (Å²) in [6, 6.07) is 7.79. The van der Waals surface area contributed by atoms with Crippen molar-refractivity contribution in [3.63, 3.8) is 0 Å². The average Bonchev–Trinajstić information content (AvgIpc) is 2.67. The fraction of sp³-hybridized carbons (Fsp3) is 0.200. The summed E-state index contributed by atoms with van der Waals surface area (Å²) in [6.07, 6.45) is -4.58. The summed E-state index contributed by atoms with van der Waals surface area (Å²) < 4.78 is 67.7. The lowest BCUT2D eigenvalue weighted by molar-refractivity contribution is -0.137. The molecule has 0 aliphatic carbocycles. The third kappa shape index (κ3) is 5.30. The van der Waals surface area contributed by atoms with E-state index < -0.39 is 36.3 Å². The largest absolute Gasteiger partial charge is 0.435 e. The molecule has 3 N–H and O–H groups in total. The molecular formula is C20H16F5N3O3. The molecule has 6 nitrogen and oxygen atoms in total. The molecule has 0 spiro atoms. The highest BCUT2D eigenvalue weighted by atomic mass is 19.4. The highest BCUT2D eigenvalue weighted by molar-refractivity contribution is 6.06. The summed E-state index contributed by atoms with van der Waals surface area (Å²) in [5.41, 5.74) is -0.413. The van der Waals surface area contributed by atoms with Crippen molar-refractivity contribution >= 4 is 17.6 Å². The highest BCUT2D eigenvalue weighted by Gasteiger charge is 2.33. The lowest BCUT2D eigenvalue weighted by Crippen LogP contribution is -2.45. The first-order valence-electron chi connectivity index (χ1n) is 8.86. The number of halogens is 5. The zero-order chi connectivity index (χ0) is 22.8. The van der Waals surface area contributed by atoms with E-state index in [9.17, 15) is 31.5 Å². The molecular weight excluding hydrogens is 425 g/mol. The SMILES string of the molecule is CC1=C(C(=O)Nc2cccc(C(F)(F)F)c2)[C@H](c2ccc(OC(F)F)cc2)NC(=O)N1. The lowest BCUT2D eigenvalue weighted by atomic mass is 9.94. The number of ether oxygens (including phenoxy) is 1. The molecule has 0 bridgehead atoms. The second-order valence-corrected chi connectivity index (χ2v) is 6.55. The molecule has 0 aromatic heterocycles.